The maximum atomic E-state index is 13.7. The summed E-state index contributed by atoms with van der Waals surface area (Å²) in [6.45, 7) is 3.49. The van der Waals surface area contributed by atoms with Crippen LogP contribution < -0.4 is 5.32 Å². The van der Waals surface area contributed by atoms with Gasteiger partial charge in [0.25, 0.3) is 0 Å². The molecule has 0 radical (unpaired) electrons. The van der Waals surface area contributed by atoms with Crippen molar-refractivity contribution in [3.63, 3.8) is 0 Å². The number of carbonyl (C=O) groups excluding carboxylic acids is 1. The summed E-state index contributed by atoms with van der Waals surface area (Å²) in [4.78, 5) is 16.4. The van der Waals surface area contributed by atoms with Gasteiger partial charge < -0.3 is 15.1 Å². The molecule has 0 aliphatic carbocycles. The highest BCUT2D eigenvalue weighted by molar-refractivity contribution is 9.10. The Balaban J connectivity index is 2.10. The van der Waals surface area contributed by atoms with Crippen molar-refractivity contribution in [2.24, 2.45) is 0 Å². The van der Waals surface area contributed by atoms with Crippen molar-refractivity contribution in [2.45, 2.75) is 13.5 Å². The highest BCUT2D eigenvalue weighted by Gasteiger charge is 2.15. The number of rotatable bonds is 6. The maximum Gasteiger partial charge on any atom is 0.322 e. The van der Waals surface area contributed by atoms with Crippen LogP contribution in [-0.4, -0.2) is 43.0 Å². The lowest BCUT2D eigenvalue weighted by atomic mass is 10.2. The first-order valence-corrected chi connectivity index (χ1v) is 8.85. The SMILES string of the molecule is Cc1ccc(NC(=O)N(CCN(C)C)Cc2ccc(Br)cc2)cc1F. The zero-order chi connectivity index (χ0) is 18.4. The summed E-state index contributed by atoms with van der Waals surface area (Å²) in [5.74, 6) is -0.328. The average Bonchev–Trinajstić information content (AvgIpc) is 2.56. The number of carbonyl (C=O) groups is 1. The Morgan fingerprint density at radius 2 is 1.80 bits per heavy atom. The number of benzene rings is 2. The minimum Gasteiger partial charge on any atom is -0.319 e. The van der Waals surface area contributed by atoms with Gasteiger partial charge in [0, 0.05) is 29.8 Å². The summed E-state index contributed by atoms with van der Waals surface area (Å²) in [5.41, 5.74) is 2.04. The lowest BCUT2D eigenvalue weighted by Gasteiger charge is -2.25. The van der Waals surface area contributed by atoms with Gasteiger partial charge in [0.05, 0.1) is 0 Å². The molecule has 0 atom stereocenters. The van der Waals surface area contributed by atoms with Crippen molar-refractivity contribution in [1.82, 2.24) is 9.80 Å². The smallest absolute Gasteiger partial charge is 0.319 e. The summed E-state index contributed by atoms with van der Waals surface area (Å²) in [5, 5.41) is 2.78. The third-order valence-electron chi connectivity index (χ3n) is 3.81. The maximum absolute atomic E-state index is 13.7. The zero-order valence-corrected chi connectivity index (χ0v) is 16.3. The summed E-state index contributed by atoms with van der Waals surface area (Å²) >= 11 is 3.41. The van der Waals surface area contributed by atoms with Crippen molar-refractivity contribution in [2.75, 3.05) is 32.5 Å². The number of hydrogen-bond donors (Lipinski definition) is 1. The van der Waals surface area contributed by atoms with E-state index in [0.717, 1.165) is 16.6 Å². The van der Waals surface area contributed by atoms with Crippen LogP contribution in [0.15, 0.2) is 46.9 Å². The van der Waals surface area contributed by atoms with Crippen LogP contribution in [0.1, 0.15) is 11.1 Å². The predicted molar refractivity (Wildman–Crippen MR) is 103 cm³/mol. The van der Waals surface area contributed by atoms with Crippen molar-refractivity contribution in [3.05, 3.63) is 63.9 Å². The number of halogens is 2. The van der Waals surface area contributed by atoms with Gasteiger partial charge in [0.15, 0.2) is 0 Å². The molecule has 0 heterocycles. The van der Waals surface area contributed by atoms with Crippen LogP contribution in [0.25, 0.3) is 0 Å². The van der Waals surface area contributed by atoms with Gasteiger partial charge in [-0.1, -0.05) is 34.1 Å². The molecule has 25 heavy (non-hydrogen) atoms. The molecule has 134 valence electrons. The monoisotopic (exact) mass is 407 g/mol. The Kier molecular flexibility index (Phi) is 6.96. The third kappa shape index (κ3) is 6.14. The van der Waals surface area contributed by atoms with Crippen LogP contribution >= 0.6 is 15.9 Å². The summed E-state index contributed by atoms with van der Waals surface area (Å²) in [7, 11) is 3.93. The van der Waals surface area contributed by atoms with Crippen molar-refractivity contribution in [3.8, 4) is 0 Å². The molecule has 0 aromatic heterocycles. The average molecular weight is 408 g/mol. The Morgan fingerprint density at radius 1 is 1.12 bits per heavy atom. The van der Waals surface area contributed by atoms with E-state index in [1.807, 2.05) is 43.3 Å². The number of nitrogens with one attached hydrogen (secondary N) is 1. The Labute approximate surface area is 156 Å². The van der Waals surface area contributed by atoms with E-state index in [1.54, 1.807) is 24.0 Å². The molecule has 0 aliphatic rings. The highest BCUT2D eigenvalue weighted by atomic mass is 79.9. The highest BCUT2D eigenvalue weighted by Crippen LogP contribution is 2.16. The van der Waals surface area contributed by atoms with Gasteiger partial charge in [-0.3, -0.25) is 0 Å². The van der Waals surface area contributed by atoms with Gasteiger partial charge >= 0.3 is 6.03 Å². The normalized spacial score (nSPS) is 10.8. The molecule has 4 nitrogen and oxygen atoms in total. The Bertz CT molecular complexity index is 719. The molecule has 1 N–H and O–H groups in total. The van der Waals surface area contributed by atoms with E-state index >= 15 is 0 Å². The Morgan fingerprint density at radius 3 is 2.40 bits per heavy atom. The van der Waals surface area contributed by atoms with E-state index in [-0.39, 0.29) is 11.8 Å². The number of hydrogen-bond acceptors (Lipinski definition) is 2. The molecule has 0 unspecified atom stereocenters. The Hall–Kier alpha value is -1.92. The molecule has 0 aliphatic heterocycles. The fraction of sp³-hybridized carbons (Fsp3) is 0.316. The molecule has 0 saturated heterocycles. The molecule has 0 spiro atoms. The van der Waals surface area contributed by atoms with Crippen molar-refractivity contribution in [1.29, 1.82) is 0 Å². The lowest BCUT2D eigenvalue weighted by Crippen LogP contribution is -2.39. The van der Waals surface area contributed by atoms with Crippen molar-refractivity contribution < 1.29 is 9.18 Å². The molecule has 0 saturated carbocycles. The fourth-order valence-electron chi connectivity index (χ4n) is 2.26. The number of nitrogens with zero attached hydrogens (tertiary/aromatic N) is 2. The van der Waals surface area contributed by atoms with Gasteiger partial charge in [0.1, 0.15) is 5.82 Å². The second-order valence-electron chi connectivity index (χ2n) is 6.25. The van der Waals surface area contributed by atoms with E-state index in [1.165, 1.54) is 6.07 Å². The molecule has 2 rings (SSSR count). The molecule has 0 fully saturated rings. The number of likely N-dealkylation sites (N-methyl/N-ethyl adjacent to an activating group) is 1. The minimum atomic E-state index is -0.328. The molecule has 2 aromatic carbocycles. The number of aryl methyl sites for hydroxylation is 1. The van der Waals surface area contributed by atoms with E-state index < -0.39 is 0 Å². The van der Waals surface area contributed by atoms with Crippen molar-refractivity contribution >= 4 is 27.6 Å². The predicted octanol–water partition coefficient (Wildman–Crippen LogP) is 4.49. The number of urea groups is 1. The van der Waals surface area contributed by atoms with Crippen LogP contribution in [0.4, 0.5) is 14.9 Å². The van der Waals surface area contributed by atoms with E-state index in [9.17, 15) is 9.18 Å². The second-order valence-corrected chi connectivity index (χ2v) is 7.16. The first kappa shape index (κ1) is 19.4. The van der Waals surface area contributed by atoms with Gasteiger partial charge in [-0.25, -0.2) is 9.18 Å². The molecule has 6 heteroatoms. The van der Waals surface area contributed by atoms with E-state index in [4.69, 9.17) is 0 Å². The summed E-state index contributed by atoms with van der Waals surface area (Å²) < 4.78 is 14.7. The number of anilines is 1. The number of amides is 2. The first-order valence-electron chi connectivity index (χ1n) is 8.06. The summed E-state index contributed by atoms with van der Waals surface area (Å²) in [6, 6.07) is 12.3. The molecule has 2 aromatic rings. The van der Waals surface area contributed by atoms with Gasteiger partial charge in [0.2, 0.25) is 0 Å². The molecular formula is C19H23BrFN3O. The lowest BCUT2D eigenvalue weighted by molar-refractivity contribution is 0.202. The molecular weight excluding hydrogens is 385 g/mol. The van der Waals surface area contributed by atoms with Gasteiger partial charge in [-0.15, -0.1) is 0 Å². The quantitative estimate of drug-likeness (QED) is 0.765. The first-order chi connectivity index (χ1) is 11.8. The van der Waals surface area contributed by atoms with Gasteiger partial charge in [-0.2, -0.15) is 0 Å². The van der Waals surface area contributed by atoms with Crippen LogP contribution in [0.2, 0.25) is 0 Å². The van der Waals surface area contributed by atoms with Gasteiger partial charge in [-0.05, 0) is 56.4 Å². The van der Waals surface area contributed by atoms with Crippen LogP contribution in [-0.2, 0) is 6.54 Å². The molecule has 2 amide bonds. The molecule has 0 bridgehead atoms. The van der Waals surface area contributed by atoms with E-state index in [0.29, 0.717) is 24.3 Å². The second kappa shape index (κ2) is 8.97. The van der Waals surface area contributed by atoms with Crippen LogP contribution in [0.5, 0.6) is 0 Å². The van der Waals surface area contributed by atoms with E-state index in [2.05, 4.69) is 21.2 Å². The van der Waals surface area contributed by atoms with Crippen LogP contribution in [0.3, 0.4) is 0 Å². The minimum absolute atomic E-state index is 0.243. The largest absolute Gasteiger partial charge is 0.322 e. The fourth-order valence-corrected chi connectivity index (χ4v) is 2.52. The third-order valence-corrected chi connectivity index (χ3v) is 4.34. The van der Waals surface area contributed by atoms with Crippen LogP contribution in [0, 0.1) is 12.7 Å². The summed E-state index contributed by atoms with van der Waals surface area (Å²) in [6.07, 6.45) is 0. The zero-order valence-electron chi connectivity index (χ0n) is 14.7. The topological polar surface area (TPSA) is 35.6 Å². The standard InChI is InChI=1S/C19H23BrFN3O/c1-14-4-9-17(12-18(14)21)22-19(25)24(11-10-23(2)3)13-15-5-7-16(20)8-6-15/h4-9,12H,10-11,13H2,1-3H3,(H,22,25).